The second-order valence-electron chi connectivity index (χ2n) is 5.96. The van der Waals surface area contributed by atoms with Crippen LogP contribution in [0.15, 0.2) is 64.4 Å². The van der Waals surface area contributed by atoms with Gasteiger partial charge in [0.05, 0.1) is 17.0 Å². The molecule has 2 aromatic rings. The van der Waals surface area contributed by atoms with Gasteiger partial charge in [0, 0.05) is 6.20 Å². The summed E-state index contributed by atoms with van der Waals surface area (Å²) in [6.45, 7) is 6.31. The van der Waals surface area contributed by atoms with E-state index in [2.05, 4.69) is 53.6 Å². The lowest BCUT2D eigenvalue weighted by Crippen LogP contribution is -2.19. The monoisotopic (exact) mass is 353 g/mol. The van der Waals surface area contributed by atoms with Gasteiger partial charge >= 0.3 is 0 Å². The summed E-state index contributed by atoms with van der Waals surface area (Å²) in [7, 11) is 0. The summed E-state index contributed by atoms with van der Waals surface area (Å²) in [6.07, 6.45) is 5.39. The third-order valence-electron chi connectivity index (χ3n) is 3.44. The van der Waals surface area contributed by atoms with Crippen molar-refractivity contribution in [2.24, 2.45) is 5.10 Å². The van der Waals surface area contributed by atoms with Crippen LogP contribution in [0.1, 0.15) is 37.8 Å². The third-order valence-corrected chi connectivity index (χ3v) is 4.39. The molecule has 2 rings (SSSR count). The van der Waals surface area contributed by atoms with E-state index in [0.29, 0.717) is 5.92 Å². The van der Waals surface area contributed by atoms with Crippen molar-refractivity contribution in [2.45, 2.75) is 31.7 Å². The Balaban J connectivity index is 1.80. The van der Waals surface area contributed by atoms with Gasteiger partial charge in [-0.1, -0.05) is 62.0 Å². The number of carbonyl (C=O) groups is 1. The molecular formula is C20H23N3OS. The first-order valence-electron chi connectivity index (χ1n) is 8.18. The molecule has 25 heavy (non-hydrogen) atoms. The van der Waals surface area contributed by atoms with Gasteiger partial charge in [0.25, 0.3) is 0 Å². The predicted molar refractivity (Wildman–Crippen MR) is 106 cm³/mol. The van der Waals surface area contributed by atoms with Gasteiger partial charge in [-0.25, -0.2) is 10.4 Å². The van der Waals surface area contributed by atoms with Crippen molar-refractivity contribution >= 4 is 30.0 Å². The van der Waals surface area contributed by atoms with Crippen molar-refractivity contribution in [3.05, 3.63) is 65.4 Å². The highest BCUT2D eigenvalue weighted by molar-refractivity contribution is 7.99. The fourth-order valence-corrected chi connectivity index (χ4v) is 2.74. The highest BCUT2D eigenvalue weighted by Gasteiger charge is 2.01. The van der Waals surface area contributed by atoms with Crippen LogP contribution >= 0.6 is 11.8 Å². The minimum atomic E-state index is -0.152. The molecule has 0 aliphatic carbocycles. The lowest BCUT2D eigenvalue weighted by atomic mass is 10.0. The topological polar surface area (TPSA) is 54.4 Å². The van der Waals surface area contributed by atoms with Gasteiger partial charge in [-0.2, -0.15) is 5.10 Å². The van der Waals surface area contributed by atoms with Gasteiger partial charge in [-0.15, -0.1) is 0 Å². The molecule has 1 aromatic heterocycles. The summed E-state index contributed by atoms with van der Waals surface area (Å²) in [5, 5.41) is 4.82. The van der Waals surface area contributed by atoms with E-state index in [-0.39, 0.29) is 11.7 Å². The quantitative estimate of drug-likeness (QED) is 0.453. The Bertz CT molecular complexity index is 737. The van der Waals surface area contributed by atoms with Crippen molar-refractivity contribution in [2.75, 3.05) is 5.75 Å². The first-order valence-corrected chi connectivity index (χ1v) is 9.17. The van der Waals surface area contributed by atoms with Crippen molar-refractivity contribution < 1.29 is 4.79 Å². The maximum atomic E-state index is 11.8. The standard InChI is InChI=1S/C20H23N3OS/c1-15(2)18-9-7-17(8-10-18)12-16(3)13-22-23-19(24)14-25-20-6-4-5-11-21-20/h4-13,15H,14H2,1-3H3,(H,23,24)/b16-12+,22-13-. The van der Waals surface area contributed by atoms with Crippen LogP contribution in [0.3, 0.4) is 0 Å². The van der Waals surface area contributed by atoms with E-state index < -0.39 is 0 Å². The largest absolute Gasteiger partial charge is 0.272 e. The Labute approximate surface area is 153 Å². The lowest BCUT2D eigenvalue weighted by molar-refractivity contribution is -0.118. The van der Waals surface area contributed by atoms with E-state index in [1.807, 2.05) is 31.2 Å². The number of benzene rings is 1. The first-order chi connectivity index (χ1) is 12.0. The zero-order chi connectivity index (χ0) is 18.1. The van der Waals surface area contributed by atoms with Crippen LogP contribution < -0.4 is 5.43 Å². The Morgan fingerprint density at radius 1 is 1.24 bits per heavy atom. The number of aromatic nitrogens is 1. The highest BCUT2D eigenvalue weighted by Crippen LogP contribution is 2.16. The molecule has 0 bridgehead atoms. The third kappa shape index (κ3) is 6.93. The number of hydrogen-bond donors (Lipinski definition) is 1. The van der Waals surface area contributed by atoms with Crippen LogP contribution in [0.4, 0.5) is 0 Å². The SMILES string of the molecule is CC(/C=N\NC(=O)CSc1ccccn1)=C\c1ccc(C(C)C)cc1. The van der Waals surface area contributed by atoms with Crippen LogP contribution in [-0.4, -0.2) is 22.9 Å². The van der Waals surface area contributed by atoms with E-state index in [1.165, 1.54) is 17.3 Å². The van der Waals surface area contributed by atoms with E-state index in [9.17, 15) is 4.79 Å². The summed E-state index contributed by atoms with van der Waals surface area (Å²) < 4.78 is 0. The number of hydrazone groups is 1. The number of amides is 1. The number of carbonyl (C=O) groups excluding carboxylic acids is 1. The summed E-state index contributed by atoms with van der Waals surface area (Å²) >= 11 is 1.38. The van der Waals surface area contributed by atoms with Crippen molar-refractivity contribution in [1.82, 2.24) is 10.4 Å². The number of pyridine rings is 1. The maximum absolute atomic E-state index is 11.8. The van der Waals surface area contributed by atoms with Gasteiger partial charge in [-0.3, -0.25) is 4.79 Å². The number of hydrogen-bond acceptors (Lipinski definition) is 4. The number of thioether (sulfide) groups is 1. The predicted octanol–water partition coefficient (Wildman–Crippen LogP) is 4.50. The fourth-order valence-electron chi connectivity index (χ4n) is 2.09. The van der Waals surface area contributed by atoms with Gasteiger partial charge in [0.15, 0.2) is 0 Å². The normalized spacial score (nSPS) is 11.9. The molecule has 0 saturated heterocycles. The smallest absolute Gasteiger partial charge is 0.250 e. The number of rotatable bonds is 7. The van der Waals surface area contributed by atoms with Crippen LogP contribution in [-0.2, 0) is 4.79 Å². The molecule has 5 heteroatoms. The molecule has 0 aliphatic heterocycles. The summed E-state index contributed by atoms with van der Waals surface area (Å²) in [5.74, 6) is 0.661. The average Bonchev–Trinajstić information content (AvgIpc) is 2.61. The summed E-state index contributed by atoms with van der Waals surface area (Å²) in [5.41, 5.74) is 5.94. The molecule has 0 fully saturated rings. The molecule has 0 atom stereocenters. The minimum Gasteiger partial charge on any atom is -0.272 e. The number of nitrogens with zero attached hydrogens (tertiary/aromatic N) is 2. The summed E-state index contributed by atoms with van der Waals surface area (Å²) in [4.78, 5) is 15.9. The maximum Gasteiger partial charge on any atom is 0.250 e. The Kier molecular flexibility index (Phi) is 7.41. The molecule has 0 spiro atoms. The Morgan fingerprint density at radius 2 is 2.00 bits per heavy atom. The molecule has 4 nitrogen and oxygen atoms in total. The number of nitrogens with one attached hydrogen (secondary N) is 1. The summed E-state index contributed by atoms with van der Waals surface area (Å²) in [6, 6.07) is 14.1. The van der Waals surface area contributed by atoms with Gasteiger partial charge < -0.3 is 0 Å². The Morgan fingerprint density at radius 3 is 2.64 bits per heavy atom. The minimum absolute atomic E-state index is 0.152. The van der Waals surface area contributed by atoms with Crippen LogP contribution in [0.2, 0.25) is 0 Å². The molecule has 0 radical (unpaired) electrons. The highest BCUT2D eigenvalue weighted by atomic mass is 32.2. The van der Waals surface area contributed by atoms with E-state index in [4.69, 9.17) is 0 Å². The molecule has 1 heterocycles. The van der Waals surface area contributed by atoms with Crippen LogP contribution in [0.25, 0.3) is 6.08 Å². The molecule has 130 valence electrons. The molecule has 1 N–H and O–H groups in total. The molecule has 0 saturated carbocycles. The molecular weight excluding hydrogens is 330 g/mol. The van der Waals surface area contributed by atoms with E-state index in [0.717, 1.165) is 16.2 Å². The van der Waals surface area contributed by atoms with Gasteiger partial charge in [0.2, 0.25) is 5.91 Å². The fraction of sp³-hybridized carbons (Fsp3) is 0.250. The second-order valence-corrected chi connectivity index (χ2v) is 6.96. The Hall–Kier alpha value is -2.40. The van der Waals surface area contributed by atoms with Gasteiger partial charge in [0.1, 0.15) is 0 Å². The van der Waals surface area contributed by atoms with E-state index in [1.54, 1.807) is 12.4 Å². The number of allylic oxidation sites excluding steroid dienone is 1. The average molecular weight is 353 g/mol. The van der Waals surface area contributed by atoms with Crippen molar-refractivity contribution in [1.29, 1.82) is 0 Å². The molecule has 1 aromatic carbocycles. The second kappa shape index (κ2) is 9.79. The zero-order valence-corrected chi connectivity index (χ0v) is 15.6. The van der Waals surface area contributed by atoms with Crippen molar-refractivity contribution in [3.8, 4) is 0 Å². The lowest BCUT2D eigenvalue weighted by Gasteiger charge is -2.05. The zero-order valence-electron chi connectivity index (χ0n) is 14.8. The molecule has 1 amide bonds. The van der Waals surface area contributed by atoms with Gasteiger partial charge in [-0.05, 0) is 41.7 Å². The first kappa shape index (κ1) is 18.9. The van der Waals surface area contributed by atoms with Crippen LogP contribution in [0, 0.1) is 0 Å². The van der Waals surface area contributed by atoms with Crippen molar-refractivity contribution in [3.63, 3.8) is 0 Å². The van der Waals surface area contributed by atoms with Crippen LogP contribution in [0.5, 0.6) is 0 Å². The van der Waals surface area contributed by atoms with E-state index >= 15 is 0 Å². The molecule has 0 unspecified atom stereocenters. The molecule has 0 aliphatic rings.